The van der Waals surface area contributed by atoms with Crippen molar-refractivity contribution in [1.29, 1.82) is 0 Å². The molecule has 0 radical (unpaired) electrons. The second kappa shape index (κ2) is 9.13. The molecular weight excluding hydrogens is 394 g/mol. The Morgan fingerprint density at radius 2 is 1.77 bits per heavy atom. The van der Waals surface area contributed by atoms with Crippen LogP contribution < -0.4 is 15.5 Å². The number of rotatable bonds is 6. The van der Waals surface area contributed by atoms with Gasteiger partial charge in [0.25, 0.3) is 0 Å². The summed E-state index contributed by atoms with van der Waals surface area (Å²) in [6, 6.07) is 20.4. The van der Waals surface area contributed by atoms with Gasteiger partial charge in [-0.3, -0.25) is 9.59 Å². The van der Waals surface area contributed by atoms with Crippen LogP contribution >= 0.6 is 11.3 Å². The number of nitrogens with one attached hydrogen (secondary N) is 2. The summed E-state index contributed by atoms with van der Waals surface area (Å²) in [4.78, 5) is 28.2. The average molecular weight is 420 g/mol. The van der Waals surface area contributed by atoms with E-state index in [0.717, 1.165) is 24.1 Å². The molecule has 3 aromatic rings. The maximum Gasteiger partial charge on any atom is 0.309 e. The number of aryl methyl sites for hydroxylation is 1. The van der Waals surface area contributed by atoms with Gasteiger partial charge < -0.3 is 15.5 Å². The van der Waals surface area contributed by atoms with E-state index in [1.165, 1.54) is 16.1 Å². The normalized spacial score (nSPS) is 13.6. The first-order chi connectivity index (χ1) is 14.6. The molecule has 0 aliphatic carbocycles. The number of hydrogen-bond donors (Lipinski definition) is 2. The summed E-state index contributed by atoms with van der Waals surface area (Å²) < 4.78 is 0. The molecule has 1 atom stereocenters. The van der Waals surface area contributed by atoms with Crippen molar-refractivity contribution in [2.45, 2.75) is 25.9 Å². The molecule has 5 nitrogen and oxygen atoms in total. The first kappa shape index (κ1) is 20.2. The number of nitrogens with zero attached hydrogens (tertiary/aromatic N) is 1. The summed E-state index contributed by atoms with van der Waals surface area (Å²) in [5.74, 6) is -1.21. The molecule has 154 valence electrons. The van der Waals surface area contributed by atoms with Gasteiger partial charge in [-0.15, -0.1) is 11.3 Å². The fraction of sp³-hybridized carbons (Fsp3) is 0.250. The van der Waals surface area contributed by atoms with E-state index < -0.39 is 11.8 Å². The topological polar surface area (TPSA) is 61.4 Å². The van der Waals surface area contributed by atoms with Crippen LogP contribution in [0.1, 0.15) is 27.6 Å². The van der Waals surface area contributed by atoms with Crippen molar-refractivity contribution in [2.24, 2.45) is 0 Å². The highest BCUT2D eigenvalue weighted by atomic mass is 32.1. The molecule has 30 heavy (non-hydrogen) atoms. The molecule has 0 fully saturated rings. The van der Waals surface area contributed by atoms with Crippen molar-refractivity contribution < 1.29 is 9.59 Å². The van der Waals surface area contributed by atoms with Crippen molar-refractivity contribution in [3.63, 3.8) is 0 Å². The van der Waals surface area contributed by atoms with E-state index in [9.17, 15) is 9.59 Å². The molecule has 1 aliphatic heterocycles. The van der Waals surface area contributed by atoms with Crippen LogP contribution in [0.4, 0.5) is 5.69 Å². The van der Waals surface area contributed by atoms with Crippen LogP contribution in [0.15, 0.2) is 66.0 Å². The summed E-state index contributed by atoms with van der Waals surface area (Å²) in [6.45, 7) is 3.63. The number of fused-ring (bicyclic) bond motifs is 1. The maximum absolute atomic E-state index is 12.4. The summed E-state index contributed by atoms with van der Waals surface area (Å²) in [7, 11) is 0. The van der Waals surface area contributed by atoms with E-state index in [0.29, 0.717) is 13.1 Å². The van der Waals surface area contributed by atoms with Gasteiger partial charge >= 0.3 is 11.8 Å². The van der Waals surface area contributed by atoms with Crippen LogP contribution in [0.5, 0.6) is 0 Å². The van der Waals surface area contributed by atoms with Gasteiger partial charge in [-0.25, -0.2) is 0 Å². The molecule has 2 heterocycles. The first-order valence-electron chi connectivity index (χ1n) is 10.1. The monoisotopic (exact) mass is 419 g/mol. The van der Waals surface area contributed by atoms with Gasteiger partial charge in [0, 0.05) is 30.2 Å². The number of benzene rings is 2. The molecule has 0 bridgehead atoms. The van der Waals surface area contributed by atoms with Crippen molar-refractivity contribution in [1.82, 2.24) is 10.6 Å². The van der Waals surface area contributed by atoms with Crippen LogP contribution in [-0.2, 0) is 22.6 Å². The lowest BCUT2D eigenvalue weighted by Gasteiger charge is -2.30. The van der Waals surface area contributed by atoms with Gasteiger partial charge in [0.2, 0.25) is 0 Å². The molecule has 0 spiro atoms. The minimum atomic E-state index is -0.609. The van der Waals surface area contributed by atoms with Crippen molar-refractivity contribution in [3.05, 3.63) is 87.6 Å². The zero-order chi connectivity index (χ0) is 20.9. The number of carbonyl (C=O) groups excluding carboxylic acids is 2. The quantitative estimate of drug-likeness (QED) is 0.600. The SMILES string of the molecule is Cc1ccc(CNC(=O)C(=O)NC[C@@H](c2cccs2)N2CCc3ccccc32)cc1. The Labute approximate surface area is 180 Å². The Kier molecular flexibility index (Phi) is 6.14. The Morgan fingerprint density at radius 1 is 1.00 bits per heavy atom. The number of amides is 2. The van der Waals surface area contributed by atoms with Gasteiger partial charge in [-0.1, -0.05) is 54.1 Å². The average Bonchev–Trinajstić information content (AvgIpc) is 3.44. The summed E-state index contributed by atoms with van der Waals surface area (Å²) in [5, 5.41) is 7.58. The number of thiophene rings is 1. The Morgan fingerprint density at radius 3 is 2.53 bits per heavy atom. The van der Waals surface area contributed by atoms with Gasteiger partial charge in [-0.2, -0.15) is 0 Å². The molecular formula is C24H25N3O2S. The van der Waals surface area contributed by atoms with Crippen LogP contribution in [0.25, 0.3) is 0 Å². The van der Waals surface area contributed by atoms with E-state index in [-0.39, 0.29) is 6.04 Å². The van der Waals surface area contributed by atoms with Crippen molar-refractivity contribution in [3.8, 4) is 0 Å². The maximum atomic E-state index is 12.4. The highest BCUT2D eigenvalue weighted by Gasteiger charge is 2.28. The van der Waals surface area contributed by atoms with Crippen LogP contribution in [0.3, 0.4) is 0 Å². The Bertz CT molecular complexity index is 1020. The highest BCUT2D eigenvalue weighted by Crippen LogP contribution is 2.36. The number of anilines is 1. The van der Waals surface area contributed by atoms with Gasteiger partial charge in [0.1, 0.15) is 0 Å². The second-order valence-electron chi connectivity index (χ2n) is 7.48. The van der Waals surface area contributed by atoms with Crippen molar-refractivity contribution in [2.75, 3.05) is 18.0 Å². The van der Waals surface area contributed by atoms with Crippen LogP contribution in [-0.4, -0.2) is 24.9 Å². The molecule has 2 aromatic carbocycles. The zero-order valence-corrected chi connectivity index (χ0v) is 17.7. The molecule has 6 heteroatoms. The second-order valence-corrected chi connectivity index (χ2v) is 8.46. The van der Waals surface area contributed by atoms with Gasteiger partial charge in [-0.05, 0) is 42.0 Å². The van der Waals surface area contributed by atoms with Crippen LogP contribution in [0.2, 0.25) is 0 Å². The third kappa shape index (κ3) is 4.54. The Balaban J connectivity index is 1.38. The molecule has 1 aliphatic rings. The van der Waals surface area contributed by atoms with E-state index in [2.05, 4.69) is 39.8 Å². The minimum Gasteiger partial charge on any atom is -0.361 e. The van der Waals surface area contributed by atoms with Crippen molar-refractivity contribution >= 4 is 28.8 Å². The first-order valence-corrected chi connectivity index (χ1v) is 11.0. The largest absolute Gasteiger partial charge is 0.361 e. The fourth-order valence-corrected chi connectivity index (χ4v) is 4.61. The van der Waals surface area contributed by atoms with Gasteiger partial charge in [0.05, 0.1) is 6.04 Å². The molecule has 2 N–H and O–H groups in total. The predicted molar refractivity (Wildman–Crippen MR) is 121 cm³/mol. The number of para-hydroxylation sites is 1. The smallest absolute Gasteiger partial charge is 0.309 e. The minimum absolute atomic E-state index is 0.00231. The van der Waals surface area contributed by atoms with Gasteiger partial charge in [0.15, 0.2) is 0 Å². The number of hydrogen-bond acceptors (Lipinski definition) is 4. The third-order valence-corrected chi connectivity index (χ3v) is 6.38. The molecule has 4 rings (SSSR count). The fourth-order valence-electron chi connectivity index (χ4n) is 3.77. The third-order valence-electron chi connectivity index (χ3n) is 5.41. The molecule has 2 amide bonds. The standard InChI is InChI=1S/C24H25N3O2S/c1-17-8-10-18(11-9-17)15-25-23(28)24(29)26-16-21(22-7-4-14-30-22)27-13-12-19-5-2-3-6-20(19)27/h2-11,14,21H,12-13,15-16H2,1H3,(H,25,28)(H,26,29)/t21-/m0/s1. The van der Waals surface area contributed by atoms with E-state index in [1.54, 1.807) is 11.3 Å². The molecule has 0 saturated carbocycles. The Hall–Kier alpha value is -3.12. The molecule has 0 unspecified atom stereocenters. The van der Waals surface area contributed by atoms with E-state index >= 15 is 0 Å². The molecule has 0 saturated heterocycles. The lowest BCUT2D eigenvalue weighted by atomic mass is 10.1. The summed E-state index contributed by atoms with van der Waals surface area (Å²) in [6.07, 6.45) is 0.989. The number of carbonyl (C=O) groups is 2. The summed E-state index contributed by atoms with van der Waals surface area (Å²) >= 11 is 1.67. The molecule has 1 aromatic heterocycles. The van der Waals surface area contributed by atoms with E-state index in [1.807, 2.05) is 48.7 Å². The summed E-state index contributed by atoms with van der Waals surface area (Å²) in [5.41, 5.74) is 4.65. The lowest BCUT2D eigenvalue weighted by Crippen LogP contribution is -2.43. The zero-order valence-electron chi connectivity index (χ0n) is 16.9. The lowest BCUT2D eigenvalue weighted by molar-refractivity contribution is -0.139. The predicted octanol–water partition coefficient (Wildman–Crippen LogP) is 3.59. The highest BCUT2D eigenvalue weighted by molar-refractivity contribution is 7.10. The van der Waals surface area contributed by atoms with Crippen LogP contribution in [0, 0.1) is 6.92 Å². The van der Waals surface area contributed by atoms with E-state index in [4.69, 9.17) is 0 Å².